The Morgan fingerprint density at radius 1 is 1.25 bits per heavy atom. The summed E-state index contributed by atoms with van der Waals surface area (Å²) in [6.45, 7) is 4.03. The summed E-state index contributed by atoms with van der Waals surface area (Å²) in [6.07, 6.45) is 0. The summed E-state index contributed by atoms with van der Waals surface area (Å²) >= 11 is 8.10. The zero-order valence-electron chi connectivity index (χ0n) is 11.3. The van der Waals surface area contributed by atoms with Crippen molar-refractivity contribution in [1.29, 1.82) is 0 Å². The van der Waals surface area contributed by atoms with Crippen molar-refractivity contribution >= 4 is 40.1 Å². The van der Waals surface area contributed by atoms with Gasteiger partial charge in [-0.15, -0.1) is 0 Å². The number of hydrogen-bond acceptors (Lipinski definition) is 1. The second-order valence-corrected chi connectivity index (χ2v) is 6.27. The Morgan fingerprint density at radius 3 is 2.65 bits per heavy atom. The molecule has 1 unspecified atom stereocenters. The molecule has 1 N–H and O–H groups in total. The Labute approximate surface area is 137 Å². The molecule has 0 saturated carbocycles. The highest BCUT2D eigenvalue weighted by atomic mass is 127. The average molecular weight is 400 g/mol. The van der Waals surface area contributed by atoms with E-state index in [9.17, 15) is 4.79 Å². The van der Waals surface area contributed by atoms with Gasteiger partial charge in [-0.1, -0.05) is 35.9 Å². The Kier molecular flexibility index (Phi) is 5.05. The molecule has 104 valence electrons. The highest BCUT2D eigenvalue weighted by Gasteiger charge is 2.15. The Hall–Kier alpha value is -1.07. The van der Waals surface area contributed by atoms with Crippen LogP contribution in [0.25, 0.3) is 0 Å². The minimum absolute atomic E-state index is 0.0431. The summed E-state index contributed by atoms with van der Waals surface area (Å²) in [5.74, 6) is -0.104. The van der Waals surface area contributed by atoms with Crippen molar-refractivity contribution in [3.63, 3.8) is 0 Å². The lowest BCUT2D eigenvalue weighted by atomic mass is 10.0. The lowest BCUT2D eigenvalue weighted by molar-refractivity contribution is 0.0939. The molecule has 0 saturated heterocycles. The van der Waals surface area contributed by atoms with Crippen LogP contribution in [0, 0.1) is 10.5 Å². The van der Waals surface area contributed by atoms with E-state index in [0.717, 1.165) is 9.13 Å². The van der Waals surface area contributed by atoms with Crippen molar-refractivity contribution in [3.05, 3.63) is 67.7 Å². The summed E-state index contributed by atoms with van der Waals surface area (Å²) in [5, 5.41) is 3.59. The van der Waals surface area contributed by atoms with Crippen LogP contribution in [0.1, 0.15) is 34.5 Å². The van der Waals surface area contributed by atoms with Crippen molar-refractivity contribution in [3.8, 4) is 0 Å². The maximum Gasteiger partial charge on any atom is 0.252 e. The number of carbonyl (C=O) groups excluding carboxylic acids is 1. The van der Waals surface area contributed by atoms with Crippen LogP contribution in [0.3, 0.4) is 0 Å². The summed E-state index contributed by atoms with van der Waals surface area (Å²) in [4.78, 5) is 12.3. The molecule has 2 aromatic carbocycles. The van der Waals surface area contributed by atoms with Gasteiger partial charge in [-0.05, 0) is 65.8 Å². The molecule has 20 heavy (non-hydrogen) atoms. The molecule has 1 atom stereocenters. The smallest absolute Gasteiger partial charge is 0.252 e. The number of halogens is 2. The minimum Gasteiger partial charge on any atom is -0.345 e. The van der Waals surface area contributed by atoms with E-state index in [4.69, 9.17) is 11.6 Å². The zero-order chi connectivity index (χ0) is 14.7. The van der Waals surface area contributed by atoms with Crippen LogP contribution in [0.5, 0.6) is 0 Å². The molecular formula is C16H15ClINO. The Bertz CT molecular complexity index is 642. The van der Waals surface area contributed by atoms with Gasteiger partial charge in [-0.2, -0.15) is 0 Å². The van der Waals surface area contributed by atoms with Crippen LogP contribution in [0.4, 0.5) is 0 Å². The Balaban J connectivity index is 2.20. The van der Waals surface area contributed by atoms with Gasteiger partial charge in [0, 0.05) is 8.59 Å². The average Bonchev–Trinajstić information content (AvgIpc) is 2.41. The second-order valence-electron chi connectivity index (χ2n) is 4.68. The maximum absolute atomic E-state index is 12.3. The number of nitrogens with one attached hydrogen (secondary N) is 1. The van der Waals surface area contributed by atoms with Gasteiger partial charge in [0.25, 0.3) is 5.91 Å². The van der Waals surface area contributed by atoms with E-state index in [-0.39, 0.29) is 11.9 Å². The molecule has 0 heterocycles. The monoisotopic (exact) mass is 399 g/mol. The van der Waals surface area contributed by atoms with E-state index in [1.54, 1.807) is 12.1 Å². The second kappa shape index (κ2) is 6.59. The first kappa shape index (κ1) is 15.3. The van der Waals surface area contributed by atoms with Crippen molar-refractivity contribution < 1.29 is 4.79 Å². The van der Waals surface area contributed by atoms with Gasteiger partial charge < -0.3 is 5.32 Å². The minimum atomic E-state index is -0.104. The molecule has 4 heteroatoms. The fourth-order valence-electron chi connectivity index (χ4n) is 2.10. The third-order valence-corrected chi connectivity index (χ3v) is 4.35. The fourth-order valence-corrected chi connectivity index (χ4v) is 2.85. The summed E-state index contributed by atoms with van der Waals surface area (Å²) < 4.78 is 0.890. The molecule has 2 aromatic rings. The molecule has 0 aromatic heterocycles. The van der Waals surface area contributed by atoms with Crippen molar-refractivity contribution in [2.75, 3.05) is 0 Å². The van der Waals surface area contributed by atoms with Gasteiger partial charge in [0.1, 0.15) is 0 Å². The van der Waals surface area contributed by atoms with E-state index in [2.05, 4.69) is 27.9 Å². The molecule has 2 nitrogen and oxygen atoms in total. The molecular weight excluding hydrogens is 385 g/mol. The largest absolute Gasteiger partial charge is 0.345 e. The van der Waals surface area contributed by atoms with Gasteiger partial charge in [0.2, 0.25) is 0 Å². The van der Waals surface area contributed by atoms with Crippen molar-refractivity contribution in [2.45, 2.75) is 19.9 Å². The third-order valence-electron chi connectivity index (χ3n) is 3.18. The molecule has 0 aliphatic heterocycles. The van der Waals surface area contributed by atoms with Gasteiger partial charge in [0.15, 0.2) is 0 Å². The van der Waals surface area contributed by atoms with Gasteiger partial charge in [-0.25, -0.2) is 0 Å². The first-order chi connectivity index (χ1) is 9.49. The molecule has 0 aliphatic carbocycles. The quantitative estimate of drug-likeness (QED) is 0.742. The zero-order valence-corrected chi connectivity index (χ0v) is 14.2. The lowest BCUT2D eigenvalue weighted by Gasteiger charge is -2.17. The highest BCUT2D eigenvalue weighted by Crippen LogP contribution is 2.21. The first-order valence-electron chi connectivity index (χ1n) is 6.30. The van der Waals surface area contributed by atoms with E-state index in [1.165, 1.54) is 5.56 Å². The van der Waals surface area contributed by atoms with Crippen LogP contribution in [0.15, 0.2) is 42.5 Å². The number of hydrogen-bond donors (Lipinski definition) is 1. The van der Waals surface area contributed by atoms with Crippen LogP contribution in [-0.4, -0.2) is 5.91 Å². The van der Waals surface area contributed by atoms with Gasteiger partial charge in [0.05, 0.1) is 11.6 Å². The number of aryl methyl sites for hydroxylation is 1. The summed E-state index contributed by atoms with van der Waals surface area (Å²) in [5.41, 5.74) is 2.90. The van der Waals surface area contributed by atoms with Crippen molar-refractivity contribution in [1.82, 2.24) is 5.32 Å². The molecule has 1 amide bonds. The van der Waals surface area contributed by atoms with Crippen LogP contribution < -0.4 is 5.32 Å². The SMILES string of the molecule is Cc1ccccc1C(C)NC(=O)c1cc(Cl)ccc1I. The predicted molar refractivity (Wildman–Crippen MR) is 91.2 cm³/mol. The predicted octanol–water partition coefficient (Wildman–Crippen LogP) is 4.74. The molecule has 0 spiro atoms. The lowest BCUT2D eigenvalue weighted by Crippen LogP contribution is -2.27. The molecule has 0 radical (unpaired) electrons. The highest BCUT2D eigenvalue weighted by molar-refractivity contribution is 14.1. The van der Waals surface area contributed by atoms with E-state index < -0.39 is 0 Å². The molecule has 0 aliphatic rings. The number of benzene rings is 2. The van der Waals surface area contributed by atoms with Gasteiger partial charge in [-0.3, -0.25) is 4.79 Å². The third kappa shape index (κ3) is 3.52. The van der Waals surface area contributed by atoms with E-state index in [0.29, 0.717) is 10.6 Å². The molecule has 2 rings (SSSR count). The summed E-state index contributed by atoms with van der Waals surface area (Å²) in [7, 11) is 0. The van der Waals surface area contributed by atoms with Crippen LogP contribution in [0.2, 0.25) is 5.02 Å². The topological polar surface area (TPSA) is 29.1 Å². The van der Waals surface area contributed by atoms with Crippen LogP contribution in [-0.2, 0) is 0 Å². The molecule has 0 bridgehead atoms. The standard InChI is InChI=1S/C16H15ClINO/c1-10-5-3-4-6-13(10)11(2)19-16(20)14-9-12(17)7-8-15(14)18/h3-9,11H,1-2H3,(H,19,20). The number of carbonyl (C=O) groups is 1. The number of amides is 1. The first-order valence-corrected chi connectivity index (χ1v) is 7.76. The Morgan fingerprint density at radius 2 is 1.95 bits per heavy atom. The van der Waals surface area contributed by atoms with Crippen molar-refractivity contribution in [2.24, 2.45) is 0 Å². The number of rotatable bonds is 3. The molecule has 0 fully saturated rings. The summed E-state index contributed by atoms with van der Waals surface area (Å²) in [6, 6.07) is 13.3. The van der Waals surface area contributed by atoms with E-state index in [1.807, 2.05) is 44.2 Å². The fraction of sp³-hybridized carbons (Fsp3) is 0.188. The van der Waals surface area contributed by atoms with E-state index >= 15 is 0 Å². The maximum atomic E-state index is 12.3. The normalized spacial score (nSPS) is 12.0. The van der Waals surface area contributed by atoms with Crippen LogP contribution >= 0.6 is 34.2 Å². The van der Waals surface area contributed by atoms with Gasteiger partial charge >= 0.3 is 0 Å².